The van der Waals surface area contributed by atoms with E-state index >= 15 is 0 Å². The average Bonchev–Trinajstić information content (AvgIpc) is 2.16. The van der Waals surface area contributed by atoms with Crippen LogP contribution in [0.15, 0.2) is 18.2 Å². The minimum atomic E-state index is -0.652. The maximum atomic E-state index is 13.3. The lowest BCUT2D eigenvalue weighted by atomic mass is 10.0. The zero-order valence-corrected chi connectivity index (χ0v) is 9.01. The van der Waals surface area contributed by atoms with E-state index in [1.54, 1.807) is 13.0 Å². The van der Waals surface area contributed by atoms with Crippen molar-refractivity contribution >= 4 is 21.7 Å². The van der Waals surface area contributed by atoms with Gasteiger partial charge in [0.05, 0.1) is 22.0 Å². The first-order valence-corrected chi connectivity index (χ1v) is 4.86. The number of nitriles is 1. The molecule has 72 valence electrons. The van der Waals surface area contributed by atoms with E-state index in [0.717, 1.165) is 0 Å². The lowest BCUT2D eigenvalue weighted by Crippen LogP contribution is -2.13. The third-order valence-electron chi connectivity index (χ3n) is 1.74. The van der Waals surface area contributed by atoms with E-state index in [1.807, 2.05) is 0 Å². The molecular weight excluding hydrogens is 249 g/mol. The normalized spacial score (nSPS) is 11.9. The van der Waals surface area contributed by atoms with Gasteiger partial charge < -0.3 is 0 Å². The molecule has 1 atom stereocenters. The van der Waals surface area contributed by atoms with Crippen LogP contribution in [0.5, 0.6) is 0 Å². The molecule has 0 saturated carbocycles. The van der Waals surface area contributed by atoms with Crippen LogP contribution in [0.3, 0.4) is 0 Å². The first-order valence-electron chi connectivity index (χ1n) is 3.94. The van der Waals surface area contributed by atoms with E-state index < -0.39 is 16.4 Å². The zero-order valence-electron chi connectivity index (χ0n) is 7.42. The summed E-state index contributed by atoms with van der Waals surface area (Å²) in [5, 5.41) is 8.69. The van der Waals surface area contributed by atoms with E-state index in [4.69, 9.17) is 5.26 Å². The number of nitrogens with zero attached hydrogens (tertiary/aromatic N) is 1. The molecule has 1 aromatic carbocycles. The van der Waals surface area contributed by atoms with Gasteiger partial charge in [0, 0.05) is 0 Å². The van der Waals surface area contributed by atoms with Gasteiger partial charge in [-0.25, -0.2) is 4.39 Å². The molecule has 14 heavy (non-hydrogen) atoms. The molecule has 0 saturated heterocycles. The van der Waals surface area contributed by atoms with E-state index in [1.165, 1.54) is 18.2 Å². The van der Waals surface area contributed by atoms with Gasteiger partial charge in [-0.1, -0.05) is 22.0 Å². The van der Waals surface area contributed by atoms with Crippen molar-refractivity contribution in [3.8, 4) is 6.07 Å². The third kappa shape index (κ3) is 1.99. The first kappa shape index (κ1) is 10.9. The van der Waals surface area contributed by atoms with E-state index in [2.05, 4.69) is 15.9 Å². The number of hydrogen-bond donors (Lipinski definition) is 0. The van der Waals surface area contributed by atoms with Crippen LogP contribution in [0.4, 0.5) is 4.39 Å². The molecular formula is C10H7BrFNO. The molecule has 2 nitrogen and oxygen atoms in total. The zero-order chi connectivity index (χ0) is 10.7. The fourth-order valence-corrected chi connectivity index (χ4v) is 1.30. The molecule has 0 radical (unpaired) electrons. The quantitative estimate of drug-likeness (QED) is 0.602. The molecule has 0 heterocycles. The highest BCUT2D eigenvalue weighted by molar-refractivity contribution is 9.10. The Bertz CT molecular complexity index is 409. The van der Waals surface area contributed by atoms with Gasteiger partial charge in [-0.2, -0.15) is 5.26 Å². The second-order valence-electron chi connectivity index (χ2n) is 2.75. The molecule has 0 N–H and O–H groups in total. The lowest BCUT2D eigenvalue weighted by Gasteiger charge is -2.05. The number of carbonyl (C=O) groups is 1. The Kier molecular flexibility index (Phi) is 3.37. The largest absolute Gasteiger partial charge is 0.293 e. The van der Waals surface area contributed by atoms with Gasteiger partial charge in [0.15, 0.2) is 5.78 Å². The molecule has 0 amide bonds. The summed E-state index contributed by atoms with van der Waals surface area (Å²) in [5.41, 5.74) is -0.0688. The summed E-state index contributed by atoms with van der Waals surface area (Å²) in [6, 6.07) is 5.79. The van der Waals surface area contributed by atoms with E-state index in [9.17, 15) is 9.18 Å². The monoisotopic (exact) mass is 255 g/mol. The Balaban J connectivity index is 3.33. The van der Waals surface area contributed by atoms with Crippen molar-refractivity contribution in [3.05, 3.63) is 35.1 Å². The molecule has 1 rings (SSSR count). The van der Waals surface area contributed by atoms with Crippen LogP contribution >= 0.6 is 15.9 Å². The van der Waals surface area contributed by atoms with Crippen LogP contribution in [-0.2, 0) is 0 Å². The molecule has 4 heteroatoms. The molecule has 0 aromatic heterocycles. The number of ketones is 1. The summed E-state index contributed by atoms with van der Waals surface area (Å²) in [6.45, 7) is 1.59. The van der Waals surface area contributed by atoms with Crippen LogP contribution in [0.2, 0.25) is 0 Å². The van der Waals surface area contributed by atoms with Gasteiger partial charge >= 0.3 is 0 Å². The van der Waals surface area contributed by atoms with Gasteiger partial charge in [0.2, 0.25) is 0 Å². The Morgan fingerprint density at radius 3 is 2.79 bits per heavy atom. The molecule has 0 spiro atoms. The molecule has 1 unspecified atom stereocenters. The van der Waals surface area contributed by atoms with E-state index in [-0.39, 0.29) is 11.1 Å². The average molecular weight is 256 g/mol. The van der Waals surface area contributed by atoms with Crippen molar-refractivity contribution in [1.29, 1.82) is 5.26 Å². The summed E-state index contributed by atoms with van der Waals surface area (Å²) >= 11 is 3.05. The van der Waals surface area contributed by atoms with Crippen molar-refractivity contribution in [2.75, 3.05) is 0 Å². The summed E-state index contributed by atoms with van der Waals surface area (Å²) in [5.74, 6) is -1.07. The highest BCUT2D eigenvalue weighted by atomic mass is 79.9. The van der Waals surface area contributed by atoms with Crippen LogP contribution in [0.1, 0.15) is 22.8 Å². The lowest BCUT2D eigenvalue weighted by molar-refractivity contribution is 0.0991. The maximum Gasteiger partial charge on any atom is 0.180 e. The Labute approximate surface area is 89.5 Å². The first-order chi connectivity index (χ1) is 6.57. The summed E-state index contributed by atoms with van der Waals surface area (Å²) in [7, 11) is 0. The molecule has 0 aliphatic rings. The maximum absolute atomic E-state index is 13.3. The minimum absolute atomic E-state index is 0.0706. The van der Waals surface area contributed by atoms with Crippen LogP contribution in [0, 0.1) is 17.1 Å². The molecule has 0 aliphatic carbocycles. The van der Waals surface area contributed by atoms with Crippen molar-refractivity contribution in [2.24, 2.45) is 0 Å². The van der Waals surface area contributed by atoms with Crippen molar-refractivity contribution in [1.82, 2.24) is 0 Å². The fourth-order valence-electron chi connectivity index (χ4n) is 1.07. The van der Waals surface area contributed by atoms with Crippen molar-refractivity contribution in [2.45, 2.75) is 11.8 Å². The molecule has 1 aromatic rings. The summed E-state index contributed by atoms with van der Waals surface area (Å²) in [6.07, 6.45) is 0. The third-order valence-corrected chi connectivity index (χ3v) is 2.16. The van der Waals surface area contributed by atoms with Crippen LogP contribution in [0.25, 0.3) is 0 Å². The number of Topliss-reactive ketones (excluding diaryl/α,β-unsaturated/α-hetero) is 1. The van der Waals surface area contributed by atoms with Crippen LogP contribution in [-0.4, -0.2) is 10.6 Å². The SMILES string of the molecule is CC(Br)C(=O)c1c(F)cccc1C#N. The highest BCUT2D eigenvalue weighted by Gasteiger charge is 2.19. The number of alkyl halides is 1. The Morgan fingerprint density at radius 1 is 1.64 bits per heavy atom. The van der Waals surface area contributed by atoms with Gasteiger partial charge in [0.1, 0.15) is 5.82 Å². The topological polar surface area (TPSA) is 40.9 Å². The van der Waals surface area contributed by atoms with Gasteiger partial charge in [0.25, 0.3) is 0 Å². The number of carbonyl (C=O) groups excluding carboxylic acids is 1. The number of rotatable bonds is 2. The van der Waals surface area contributed by atoms with Crippen molar-refractivity contribution in [3.63, 3.8) is 0 Å². The number of halogens is 2. The fraction of sp³-hybridized carbons (Fsp3) is 0.200. The smallest absolute Gasteiger partial charge is 0.180 e. The number of benzene rings is 1. The Morgan fingerprint density at radius 2 is 2.29 bits per heavy atom. The second-order valence-corrected chi connectivity index (χ2v) is 4.13. The predicted molar refractivity (Wildman–Crippen MR) is 53.8 cm³/mol. The molecule has 0 aliphatic heterocycles. The van der Waals surface area contributed by atoms with Gasteiger partial charge in [-0.15, -0.1) is 0 Å². The summed E-state index contributed by atoms with van der Waals surface area (Å²) < 4.78 is 13.3. The van der Waals surface area contributed by atoms with Gasteiger partial charge in [-0.05, 0) is 19.1 Å². The van der Waals surface area contributed by atoms with Gasteiger partial charge in [-0.3, -0.25) is 4.79 Å². The highest BCUT2D eigenvalue weighted by Crippen LogP contribution is 2.17. The standard InChI is InChI=1S/C10H7BrFNO/c1-6(11)10(14)9-7(5-13)3-2-4-8(9)12/h2-4,6H,1H3. The summed E-state index contributed by atoms with van der Waals surface area (Å²) in [4.78, 5) is 11.0. The minimum Gasteiger partial charge on any atom is -0.293 e. The molecule has 0 fully saturated rings. The number of hydrogen-bond acceptors (Lipinski definition) is 2. The van der Waals surface area contributed by atoms with Crippen LogP contribution < -0.4 is 0 Å². The molecule has 0 bridgehead atoms. The van der Waals surface area contributed by atoms with E-state index in [0.29, 0.717) is 0 Å². The van der Waals surface area contributed by atoms with Crippen molar-refractivity contribution < 1.29 is 9.18 Å². The Hall–Kier alpha value is -1.21. The predicted octanol–water partition coefficient (Wildman–Crippen LogP) is 2.66. The second kappa shape index (κ2) is 4.34.